The molecule has 0 unspecified atom stereocenters. The molecule has 1 aliphatic rings. The minimum absolute atomic E-state index is 0.222. The summed E-state index contributed by atoms with van der Waals surface area (Å²) in [6.45, 7) is 4.71. The van der Waals surface area contributed by atoms with E-state index >= 15 is 0 Å². The molecule has 0 N–H and O–H groups in total. The molecule has 7 aromatic carbocycles. The molecule has 0 bridgehead atoms. The highest BCUT2D eigenvalue weighted by Gasteiger charge is 2.35. The highest BCUT2D eigenvalue weighted by Crippen LogP contribution is 2.49. The zero-order valence-corrected chi connectivity index (χ0v) is 25.6. The van der Waals surface area contributed by atoms with E-state index < -0.39 is 0 Å². The molecule has 0 saturated carbocycles. The van der Waals surface area contributed by atoms with E-state index in [1.54, 1.807) is 0 Å². The number of para-hydroxylation sites is 2. The quantitative estimate of drug-likeness (QED) is 0.201. The Morgan fingerprint density at radius 2 is 1.24 bits per heavy atom. The van der Waals surface area contributed by atoms with Crippen molar-refractivity contribution in [1.82, 2.24) is 14.5 Å². The zero-order valence-electron chi connectivity index (χ0n) is 25.6. The van der Waals surface area contributed by atoms with Crippen LogP contribution in [0.3, 0.4) is 0 Å². The Morgan fingerprint density at radius 1 is 0.543 bits per heavy atom. The average molecular weight is 588 g/mol. The predicted octanol–water partition coefficient (Wildman–Crippen LogP) is 11.0. The molecule has 3 heterocycles. The zero-order chi connectivity index (χ0) is 30.6. The molecule has 0 saturated heterocycles. The van der Waals surface area contributed by atoms with Crippen molar-refractivity contribution in [1.29, 1.82) is 0 Å². The Balaban J connectivity index is 1.24. The number of fused-ring (bicyclic) bond motifs is 9. The van der Waals surface area contributed by atoms with Crippen LogP contribution in [0, 0.1) is 0 Å². The third kappa shape index (κ3) is 3.37. The van der Waals surface area contributed by atoms with E-state index in [0.717, 1.165) is 33.5 Å². The second-order valence-corrected chi connectivity index (χ2v) is 13.0. The van der Waals surface area contributed by atoms with Crippen LogP contribution in [0.2, 0.25) is 0 Å². The fourth-order valence-electron chi connectivity index (χ4n) is 7.95. The van der Waals surface area contributed by atoms with E-state index in [-0.39, 0.29) is 5.41 Å². The third-order valence-corrected chi connectivity index (χ3v) is 10.2. The summed E-state index contributed by atoms with van der Waals surface area (Å²) in [5.41, 5.74) is 10.2. The predicted molar refractivity (Wildman–Crippen MR) is 192 cm³/mol. The summed E-state index contributed by atoms with van der Waals surface area (Å²) in [6.07, 6.45) is 0. The number of rotatable bonds is 2. The van der Waals surface area contributed by atoms with Gasteiger partial charge in [-0.2, -0.15) is 0 Å². The lowest BCUT2D eigenvalue weighted by Crippen LogP contribution is -2.26. The van der Waals surface area contributed by atoms with Gasteiger partial charge in [0.05, 0.1) is 27.9 Å². The Morgan fingerprint density at radius 3 is 2.11 bits per heavy atom. The van der Waals surface area contributed by atoms with E-state index in [4.69, 9.17) is 9.97 Å². The lowest BCUT2D eigenvalue weighted by Gasteiger charge is -2.35. The van der Waals surface area contributed by atoms with Crippen molar-refractivity contribution in [3.05, 3.63) is 151 Å². The summed E-state index contributed by atoms with van der Waals surface area (Å²) in [4.78, 5) is 10.5. The summed E-state index contributed by atoms with van der Waals surface area (Å²) >= 11 is 0. The molecule has 10 rings (SSSR count). The number of aromatic nitrogens is 3. The van der Waals surface area contributed by atoms with Gasteiger partial charge in [-0.05, 0) is 63.0 Å². The van der Waals surface area contributed by atoms with Crippen LogP contribution in [0.25, 0.3) is 82.6 Å². The molecule has 0 fully saturated rings. The fourth-order valence-corrected chi connectivity index (χ4v) is 7.95. The fraction of sp³-hybridized carbons (Fsp3) is 0.0698. The highest BCUT2D eigenvalue weighted by atomic mass is 15.0. The van der Waals surface area contributed by atoms with E-state index in [0.29, 0.717) is 0 Å². The maximum atomic E-state index is 5.33. The van der Waals surface area contributed by atoms with Crippen LogP contribution in [0.1, 0.15) is 25.0 Å². The van der Waals surface area contributed by atoms with Crippen LogP contribution < -0.4 is 0 Å². The monoisotopic (exact) mass is 587 g/mol. The third-order valence-electron chi connectivity index (χ3n) is 10.2. The summed E-state index contributed by atoms with van der Waals surface area (Å²) in [5.74, 6) is 0.743. The van der Waals surface area contributed by atoms with Crippen molar-refractivity contribution in [3.63, 3.8) is 0 Å². The molecule has 0 spiro atoms. The first-order valence-corrected chi connectivity index (χ1v) is 15.9. The summed E-state index contributed by atoms with van der Waals surface area (Å²) < 4.78 is 2.49. The molecule has 0 atom stereocenters. The number of hydrogen-bond acceptors (Lipinski definition) is 2. The molecule has 0 radical (unpaired) electrons. The lowest BCUT2D eigenvalue weighted by molar-refractivity contribution is 0.630. The van der Waals surface area contributed by atoms with Gasteiger partial charge >= 0.3 is 0 Å². The number of benzene rings is 7. The van der Waals surface area contributed by atoms with Gasteiger partial charge in [0.25, 0.3) is 0 Å². The second-order valence-electron chi connectivity index (χ2n) is 13.0. The highest BCUT2D eigenvalue weighted by molar-refractivity contribution is 6.22. The maximum Gasteiger partial charge on any atom is 0.160 e. The van der Waals surface area contributed by atoms with E-state index in [9.17, 15) is 0 Å². The topological polar surface area (TPSA) is 30.7 Å². The smallest absolute Gasteiger partial charge is 0.160 e. The van der Waals surface area contributed by atoms with Gasteiger partial charge in [-0.25, -0.2) is 9.97 Å². The lowest BCUT2D eigenvalue weighted by atomic mass is 9.74. The minimum Gasteiger partial charge on any atom is -0.309 e. The van der Waals surface area contributed by atoms with Gasteiger partial charge in [-0.15, -0.1) is 0 Å². The number of nitrogens with zero attached hydrogens (tertiary/aromatic N) is 3. The van der Waals surface area contributed by atoms with Crippen molar-refractivity contribution >= 4 is 54.3 Å². The molecular weight excluding hydrogens is 558 g/mol. The van der Waals surface area contributed by atoms with Crippen molar-refractivity contribution in [2.75, 3.05) is 0 Å². The molecule has 0 amide bonds. The van der Waals surface area contributed by atoms with E-state index in [1.807, 2.05) is 0 Å². The average Bonchev–Trinajstić information content (AvgIpc) is 3.45. The molecule has 9 aromatic rings. The van der Waals surface area contributed by atoms with Crippen LogP contribution in [0.4, 0.5) is 0 Å². The molecule has 0 aliphatic carbocycles. The Hall–Kier alpha value is -5.80. The summed E-state index contributed by atoms with van der Waals surface area (Å²) in [6, 6.07) is 50.3. The van der Waals surface area contributed by atoms with Crippen LogP contribution in [-0.4, -0.2) is 14.5 Å². The molecule has 2 aromatic heterocycles. The Kier molecular flexibility index (Phi) is 5.06. The Bertz CT molecular complexity index is 2720. The SMILES string of the molecule is CC1(C)c2cc(-c3nc(-c4cccc5ccccc45)c4ccccc4n3)ccc2-n2c3ccc4ccccc4c3c3cccc1c32. The van der Waals surface area contributed by atoms with Crippen LogP contribution in [0.5, 0.6) is 0 Å². The van der Waals surface area contributed by atoms with Gasteiger partial charge in [0.1, 0.15) is 0 Å². The van der Waals surface area contributed by atoms with Crippen LogP contribution in [-0.2, 0) is 5.41 Å². The van der Waals surface area contributed by atoms with Gasteiger partial charge in [-0.1, -0.05) is 123 Å². The normalized spacial score (nSPS) is 13.6. The van der Waals surface area contributed by atoms with E-state index in [2.05, 4.69) is 158 Å². The summed E-state index contributed by atoms with van der Waals surface area (Å²) in [7, 11) is 0. The number of hydrogen-bond donors (Lipinski definition) is 0. The van der Waals surface area contributed by atoms with Crippen molar-refractivity contribution in [3.8, 4) is 28.3 Å². The molecule has 3 nitrogen and oxygen atoms in total. The largest absolute Gasteiger partial charge is 0.309 e. The molecular formula is C43H29N3. The minimum atomic E-state index is -0.222. The van der Waals surface area contributed by atoms with Gasteiger partial charge in [0.15, 0.2) is 5.82 Å². The molecule has 1 aliphatic heterocycles. The molecule has 216 valence electrons. The van der Waals surface area contributed by atoms with Gasteiger partial charge < -0.3 is 4.57 Å². The van der Waals surface area contributed by atoms with Crippen molar-refractivity contribution in [2.45, 2.75) is 19.3 Å². The first-order chi connectivity index (χ1) is 22.6. The van der Waals surface area contributed by atoms with Crippen molar-refractivity contribution < 1.29 is 0 Å². The first kappa shape index (κ1) is 25.5. The Labute approximate surface area is 266 Å². The molecule has 46 heavy (non-hydrogen) atoms. The van der Waals surface area contributed by atoms with Crippen LogP contribution >= 0.6 is 0 Å². The first-order valence-electron chi connectivity index (χ1n) is 15.9. The van der Waals surface area contributed by atoms with Gasteiger partial charge in [0.2, 0.25) is 0 Å². The molecule has 3 heteroatoms. The standard InChI is InChI=1S/C43H29N3/c1-43(2)34-19-10-18-33-39-30-15-6-4-12-27(30)21-24-38(39)46(41(33)34)37-23-22-28(25-35(37)43)42-44-36-20-8-7-16-32(36)40(45-42)31-17-9-13-26-11-3-5-14-29(26)31/h3-25H,1-2H3. The second kappa shape index (κ2) is 9.12. The van der Waals surface area contributed by atoms with Crippen LogP contribution in [0.15, 0.2) is 140 Å². The van der Waals surface area contributed by atoms with Crippen molar-refractivity contribution in [2.24, 2.45) is 0 Å². The maximum absolute atomic E-state index is 5.33. The van der Waals surface area contributed by atoms with Gasteiger partial charge in [-0.3, -0.25) is 0 Å². The van der Waals surface area contributed by atoms with Gasteiger partial charge in [0, 0.05) is 32.7 Å². The summed E-state index contributed by atoms with van der Waals surface area (Å²) in [5, 5.41) is 8.65. The van der Waals surface area contributed by atoms with E-state index in [1.165, 1.54) is 60.2 Å².